The highest BCUT2D eigenvalue weighted by atomic mass is 32.1. The number of amides is 2. The summed E-state index contributed by atoms with van der Waals surface area (Å²) in [6.45, 7) is 8.56. The van der Waals surface area contributed by atoms with Gasteiger partial charge in [-0.3, -0.25) is 9.59 Å². The van der Waals surface area contributed by atoms with Crippen LogP contribution >= 0.6 is 12.2 Å². The van der Waals surface area contributed by atoms with Gasteiger partial charge in [-0.2, -0.15) is 5.10 Å². The van der Waals surface area contributed by atoms with E-state index in [0.29, 0.717) is 22.7 Å². The Morgan fingerprint density at radius 1 is 1.00 bits per heavy atom. The highest BCUT2D eigenvalue weighted by Gasteiger charge is 2.15. The SMILES string of the molecule is CCn1c(CNC(=O)c2ccccc2C)nn(CC(=O)Nc2c(C)cccc2C)c1=S. The van der Waals surface area contributed by atoms with Crippen LogP contribution in [0.3, 0.4) is 0 Å². The third-order valence-corrected chi connectivity index (χ3v) is 5.58. The molecule has 0 aliphatic heterocycles. The molecule has 1 aromatic heterocycles. The Labute approximate surface area is 187 Å². The summed E-state index contributed by atoms with van der Waals surface area (Å²) in [5.74, 6) is 0.230. The second kappa shape index (κ2) is 9.70. The maximum Gasteiger partial charge on any atom is 0.251 e. The predicted octanol–water partition coefficient (Wildman–Crippen LogP) is 3.93. The molecule has 0 aliphatic carbocycles. The number of anilines is 1. The minimum Gasteiger partial charge on any atom is -0.345 e. The zero-order chi connectivity index (χ0) is 22.5. The molecule has 0 bridgehead atoms. The second-order valence-electron chi connectivity index (χ2n) is 7.41. The molecule has 7 nitrogen and oxygen atoms in total. The van der Waals surface area contributed by atoms with Gasteiger partial charge in [0, 0.05) is 17.8 Å². The summed E-state index contributed by atoms with van der Waals surface area (Å²) in [4.78, 5) is 25.2. The molecule has 3 rings (SSSR count). The Morgan fingerprint density at radius 3 is 2.29 bits per heavy atom. The number of para-hydroxylation sites is 1. The Balaban J connectivity index is 1.73. The Bertz CT molecular complexity index is 1160. The van der Waals surface area contributed by atoms with Gasteiger partial charge in [-0.1, -0.05) is 36.4 Å². The number of aryl methyl sites for hydroxylation is 3. The van der Waals surface area contributed by atoms with Crippen LogP contribution < -0.4 is 10.6 Å². The van der Waals surface area contributed by atoms with E-state index in [9.17, 15) is 9.59 Å². The van der Waals surface area contributed by atoms with Crippen LogP contribution in [0.5, 0.6) is 0 Å². The van der Waals surface area contributed by atoms with Gasteiger partial charge < -0.3 is 15.2 Å². The fourth-order valence-corrected chi connectivity index (χ4v) is 3.79. The topological polar surface area (TPSA) is 81.0 Å². The summed E-state index contributed by atoms with van der Waals surface area (Å²) in [6, 6.07) is 13.3. The number of benzene rings is 2. The maximum atomic E-state index is 12.6. The van der Waals surface area contributed by atoms with E-state index in [1.165, 1.54) is 4.68 Å². The molecule has 0 spiro atoms. The first-order chi connectivity index (χ1) is 14.8. The zero-order valence-corrected chi connectivity index (χ0v) is 19.0. The Kier molecular flexibility index (Phi) is 7.02. The summed E-state index contributed by atoms with van der Waals surface area (Å²) in [7, 11) is 0. The second-order valence-corrected chi connectivity index (χ2v) is 7.78. The van der Waals surface area contributed by atoms with Gasteiger partial charge in [-0.15, -0.1) is 0 Å². The van der Waals surface area contributed by atoms with E-state index >= 15 is 0 Å². The fourth-order valence-electron chi connectivity index (χ4n) is 3.45. The molecule has 2 aromatic carbocycles. The summed E-state index contributed by atoms with van der Waals surface area (Å²) >= 11 is 5.51. The Hall–Kier alpha value is -3.26. The molecule has 0 radical (unpaired) electrons. The highest BCUT2D eigenvalue weighted by molar-refractivity contribution is 7.71. The van der Waals surface area contributed by atoms with E-state index in [1.54, 1.807) is 6.07 Å². The van der Waals surface area contributed by atoms with Gasteiger partial charge in [0.1, 0.15) is 6.54 Å². The first-order valence-electron chi connectivity index (χ1n) is 10.2. The number of carbonyl (C=O) groups is 2. The van der Waals surface area contributed by atoms with Gasteiger partial charge in [0.2, 0.25) is 5.91 Å². The van der Waals surface area contributed by atoms with Crippen molar-refractivity contribution in [1.29, 1.82) is 0 Å². The summed E-state index contributed by atoms with van der Waals surface area (Å²) in [5, 5.41) is 10.3. The number of hydrogen-bond donors (Lipinski definition) is 2. The first kappa shape index (κ1) is 22.4. The molecule has 0 fully saturated rings. The predicted molar refractivity (Wildman–Crippen MR) is 124 cm³/mol. The van der Waals surface area contributed by atoms with Crippen molar-refractivity contribution < 1.29 is 9.59 Å². The number of rotatable bonds is 7. The first-order valence-corrected chi connectivity index (χ1v) is 10.6. The molecule has 8 heteroatoms. The molecule has 0 unspecified atom stereocenters. The van der Waals surface area contributed by atoms with E-state index in [2.05, 4.69) is 15.7 Å². The number of nitrogens with one attached hydrogen (secondary N) is 2. The maximum absolute atomic E-state index is 12.6. The molecule has 0 atom stereocenters. The van der Waals surface area contributed by atoms with Crippen LogP contribution in [0.25, 0.3) is 0 Å². The van der Waals surface area contributed by atoms with Gasteiger partial charge in [-0.25, -0.2) is 4.68 Å². The van der Waals surface area contributed by atoms with Gasteiger partial charge in [-0.05, 0) is 62.7 Å². The van der Waals surface area contributed by atoms with Crippen molar-refractivity contribution >= 4 is 29.7 Å². The van der Waals surface area contributed by atoms with Crippen LogP contribution in [0.2, 0.25) is 0 Å². The van der Waals surface area contributed by atoms with Crippen molar-refractivity contribution in [1.82, 2.24) is 19.7 Å². The van der Waals surface area contributed by atoms with Gasteiger partial charge in [0.25, 0.3) is 5.91 Å². The summed E-state index contributed by atoms with van der Waals surface area (Å²) in [6.07, 6.45) is 0. The molecule has 162 valence electrons. The zero-order valence-electron chi connectivity index (χ0n) is 18.2. The van der Waals surface area contributed by atoms with E-state index in [0.717, 1.165) is 22.4 Å². The third-order valence-electron chi connectivity index (χ3n) is 5.15. The third kappa shape index (κ3) is 5.08. The lowest BCUT2D eigenvalue weighted by Gasteiger charge is -2.11. The van der Waals surface area contributed by atoms with Crippen molar-refractivity contribution in [3.05, 3.63) is 75.3 Å². The van der Waals surface area contributed by atoms with E-state index in [1.807, 2.05) is 68.7 Å². The number of hydrogen-bond acceptors (Lipinski definition) is 4. The quantitative estimate of drug-likeness (QED) is 0.549. The van der Waals surface area contributed by atoms with E-state index in [-0.39, 0.29) is 24.9 Å². The van der Waals surface area contributed by atoms with Crippen LogP contribution in [0.15, 0.2) is 42.5 Å². The smallest absolute Gasteiger partial charge is 0.251 e. The van der Waals surface area contributed by atoms with Crippen LogP contribution in [-0.4, -0.2) is 26.2 Å². The lowest BCUT2D eigenvalue weighted by molar-refractivity contribution is -0.117. The standard InChI is InChI=1S/C23H27N5O2S/c1-5-27-19(13-24-22(30)18-12-7-6-9-15(18)2)26-28(23(27)31)14-20(29)25-21-16(3)10-8-11-17(21)4/h6-12H,5,13-14H2,1-4H3,(H,24,30)(H,25,29). The minimum atomic E-state index is -0.204. The number of carbonyl (C=O) groups excluding carboxylic acids is 2. The molecule has 0 saturated carbocycles. The van der Waals surface area contributed by atoms with E-state index in [4.69, 9.17) is 12.2 Å². The normalized spacial score (nSPS) is 10.7. The molecular weight excluding hydrogens is 410 g/mol. The molecule has 3 aromatic rings. The van der Waals surface area contributed by atoms with Gasteiger partial charge >= 0.3 is 0 Å². The number of aromatic nitrogens is 3. The van der Waals surface area contributed by atoms with Crippen LogP contribution in [0.1, 0.15) is 39.8 Å². The fraction of sp³-hybridized carbons (Fsp3) is 0.304. The van der Waals surface area contributed by atoms with Crippen LogP contribution in [0, 0.1) is 25.5 Å². The highest BCUT2D eigenvalue weighted by Crippen LogP contribution is 2.19. The molecule has 0 saturated heterocycles. The summed E-state index contributed by atoms with van der Waals surface area (Å²) < 4.78 is 3.76. The number of nitrogens with zero attached hydrogens (tertiary/aromatic N) is 3. The van der Waals surface area contributed by atoms with Gasteiger partial charge in [0.05, 0.1) is 6.54 Å². The molecule has 1 heterocycles. The lowest BCUT2D eigenvalue weighted by atomic mass is 10.1. The van der Waals surface area contributed by atoms with E-state index < -0.39 is 0 Å². The molecular formula is C23H27N5O2S. The van der Waals surface area contributed by atoms with Crippen molar-refractivity contribution in [2.24, 2.45) is 0 Å². The molecule has 0 aliphatic rings. The van der Waals surface area contributed by atoms with Crippen molar-refractivity contribution in [3.63, 3.8) is 0 Å². The van der Waals surface area contributed by atoms with Crippen molar-refractivity contribution in [2.75, 3.05) is 5.32 Å². The average Bonchev–Trinajstić information content (AvgIpc) is 3.03. The van der Waals surface area contributed by atoms with Crippen molar-refractivity contribution in [2.45, 2.75) is 47.3 Å². The lowest BCUT2D eigenvalue weighted by Crippen LogP contribution is -2.25. The van der Waals surface area contributed by atoms with Gasteiger partial charge in [0.15, 0.2) is 10.6 Å². The largest absolute Gasteiger partial charge is 0.345 e. The summed E-state index contributed by atoms with van der Waals surface area (Å²) in [5.41, 5.74) is 4.32. The monoisotopic (exact) mass is 437 g/mol. The molecule has 31 heavy (non-hydrogen) atoms. The van der Waals surface area contributed by atoms with Crippen LogP contribution in [-0.2, 0) is 24.4 Å². The van der Waals surface area contributed by atoms with Crippen molar-refractivity contribution in [3.8, 4) is 0 Å². The molecule has 2 N–H and O–H groups in total. The molecule has 2 amide bonds. The minimum absolute atomic E-state index is 0.00164. The Morgan fingerprint density at radius 2 is 1.65 bits per heavy atom. The van der Waals surface area contributed by atoms with Crippen LogP contribution in [0.4, 0.5) is 5.69 Å². The average molecular weight is 438 g/mol.